The van der Waals surface area contributed by atoms with Crippen molar-refractivity contribution in [3.63, 3.8) is 0 Å². The summed E-state index contributed by atoms with van der Waals surface area (Å²) in [5.41, 5.74) is 2.48. The highest BCUT2D eigenvalue weighted by Crippen LogP contribution is 2.31. The zero-order valence-electron chi connectivity index (χ0n) is 17.8. The van der Waals surface area contributed by atoms with Crippen LogP contribution < -0.4 is 15.4 Å². The van der Waals surface area contributed by atoms with Crippen LogP contribution in [0.3, 0.4) is 0 Å². The van der Waals surface area contributed by atoms with Crippen molar-refractivity contribution in [3.05, 3.63) is 59.1 Å². The first-order chi connectivity index (χ1) is 15.1. The molecule has 10 heteroatoms. The molecule has 1 aromatic heterocycles. The van der Waals surface area contributed by atoms with Gasteiger partial charge < -0.3 is 20.3 Å². The number of anilines is 3. The molecular weight excluding hydrogens is 443 g/mol. The first-order valence-corrected chi connectivity index (χ1v) is 10.1. The van der Waals surface area contributed by atoms with Crippen molar-refractivity contribution in [2.24, 2.45) is 0 Å². The molecule has 0 unspecified atom stereocenters. The van der Waals surface area contributed by atoms with Crippen LogP contribution in [-0.4, -0.2) is 48.4 Å². The van der Waals surface area contributed by atoms with E-state index in [-0.39, 0.29) is 5.75 Å². The van der Waals surface area contributed by atoms with E-state index in [9.17, 15) is 13.2 Å². The van der Waals surface area contributed by atoms with E-state index in [0.717, 1.165) is 12.1 Å². The average Bonchev–Trinajstić information content (AvgIpc) is 2.69. The Balaban J connectivity index is 1.98. The molecular formula is C22H23ClF3N5O. The molecule has 0 amide bonds. The summed E-state index contributed by atoms with van der Waals surface area (Å²) in [5.74, 6) is 0.451. The zero-order valence-corrected chi connectivity index (χ0v) is 18.6. The Morgan fingerprint density at radius 1 is 1.06 bits per heavy atom. The monoisotopic (exact) mass is 465 g/mol. The number of aryl methyl sites for hydroxylation is 1. The quantitative estimate of drug-likeness (QED) is 0.443. The van der Waals surface area contributed by atoms with Crippen LogP contribution in [0, 0.1) is 6.92 Å². The van der Waals surface area contributed by atoms with Crippen LogP contribution >= 0.6 is 11.6 Å². The van der Waals surface area contributed by atoms with Gasteiger partial charge in [-0.2, -0.15) is 4.98 Å². The molecule has 1 heterocycles. The van der Waals surface area contributed by atoms with E-state index in [1.165, 1.54) is 18.2 Å². The number of hydrogen-bond donors (Lipinski definition) is 2. The third kappa shape index (κ3) is 6.73. The molecule has 0 aliphatic carbocycles. The Kier molecular flexibility index (Phi) is 7.42. The van der Waals surface area contributed by atoms with E-state index >= 15 is 0 Å². The lowest BCUT2D eigenvalue weighted by molar-refractivity contribution is -0.274. The number of ether oxygens (including phenoxy) is 1. The highest BCUT2D eigenvalue weighted by molar-refractivity contribution is 6.33. The van der Waals surface area contributed by atoms with Crippen LogP contribution in [-0.2, 0) is 0 Å². The van der Waals surface area contributed by atoms with Crippen LogP contribution in [0.25, 0.3) is 11.3 Å². The molecule has 3 aromatic rings. The molecule has 0 saturated heterocycles. The fourth-order valence-corrected chi connectivity index (χ4v) is 3.17. The lowest BCUT2D eigenvalue weighted by Gasteiger charge is -2.15. The van der Waals surface area contributed by atoms with Crippen molar-refractivity contribution in [1.29, 1.82) is 0 Å². The van der Waals surface area contributed by atoms with E-state index < -0.39 is 6.36 Å². The molecule has 0 bridgehead atoms. The second kappa shape index (κ2) is 10.1. The van der Waals surface area contributed by atoms with Crippen LogP contribution in [0.5, 0.6) is 5.75 Å². The van der Waals surface area contributed by atoms with E-state index in [1.807, 2.05) is 38.1 Å². The maximum atomic E-state index is 12.6. The number of nitrogens with one attached hydrogen (secondary N) is 2. The fraction of sp³-hybridized carbons (Fsp3) is 0.273. The first kappa shape index (κ1) is 23.6. The number of aromatic nitrogens is 2. The number of likely N-dealkylation sites (N-methyl/N-ethyl adjacent to an activating group) is 1. The number of hydrogen-bond acceptors (Lipinski definition) is 6. The maximum absolute atomic E-state index is 12.6. The van der Waals surface area contributed by atoms with Crippen molar-refractivity contribution in [3.8, 4) is 17.0 Å². The van der Waals surface area contributed by atoms with Gasteiger partial charge in [0, 0.05) is 24.7 Å². The number of alkyl halides is 3. The lowest BCUT2D eigenvalue weighted by Crippen LogP contribution is -2.21. The summed E-state index contributed by atoms with van der Waals surface area (Å²) in [4.78, 5) is 11.0. The standard InChI is InChI=1S/C22H23ClF3N5O/c1-14-6-4-9-17(23)20(14)29-19-13-18(28-21(30-19)27-10-11-31(2)3)15-7-5-8-16(12-15)32-22(24,25)26/h4-9,12-13H,10-11H2,1-3H3,(H2,27,28,29,30). The number of nitrogens with zero attached hydrogens (tertiary/aromatic N) is 3. The second-order valence-electron chi connectivity index (χ2n) is 7.32. The van der Waals surface area contributed by atoms with Crippen LogP contribution in [0.4, 0.5) is 30.6 Å². The summed E-state index contributed by atoms with van der Waals surface area (Å²) < 4.78 is 42.0. The number of benzene rings is 2. The third-order valence-electron chi connectivity index (χ3n) is 4.41. The summed E-state index contributed by atoms with van der Waals surface area (Å²) >= 11 is 6.33. The van der Waals surface area contributed by atoms with Crippen molar-refractivity contribution >= 4 is 29.1 Å². The molecule has 2 N–H and O–H groups in total. The minimum Gasteiger partial charge on any atom is -0.406 e. The van der Waals surface area contributed by atoms with Crippen molar-refractivity contribution < 1.29 is 17.9 Å². The fourth-order valence-electron chi connectivity index (χ4n) is 2.90. The molecule has 0 aliphatic heterocycles. The number of para-hydroxylation sites is 1. The van der Waals surface area contributed by atoms with Gasteiger partial charge in [-0.3, -0.25) is 0 Å². The highest BCUT2D eigenvalue weighted by Gasteiger charge is 2.31. The minimum atomic E-state index is -4.78. The molecule has 0 saturated carbocycles. The Labute approximate surface area is 189 Å². The first-order valence-electron chi connectivity index (χ1n) is 9.77. The Morgan fingerprint density at radius 3 is 2.50 bits per heavy atom. The maximum Gasteiger partial charge on any atom is 0.573 e. The van der Waals surface area contributed by atoms with E-state index in [4.69, 9.17) is 11.6 Å². The second-order valence-corrected chi connectivity index (χ2v) is 7.73. The van der Waals surface area contributed by atoms with Gasteiger partial charge >= 0.3 is 6.36 Å². The largest absolute Gasteiger partial charge is 0.573 e. The van der Waals surface area contributed by atoms with Gasteiger partial charge in [0.15, 0.2) is 0 Å². The van der Waals surface area contributed by atoms with Crippen LogP contribution in [0.15, 0.2) is 48.5 Å². The summed E-state index contributed by atoms with van der Waals surface area (Å²) in [7, 11) is 3.89. The third-order valence-corrected chi connectivity index (χ3v) is 4.72. The van der Waals surface area contributed by atoms with Gasteiger partial charge in [-0.05, 0) is 44.8 Å². The average molecular weight is 466 g/mol. The topological polar surface area (TPSA) is 62.3 Å². The molecule has 0 aliphatic rings. The van der Waals surface area contributed by atoms with Gasteiger partial charge in [-0.25, -0.2) is 4.98 Å². The molecule has 32 heavy (non-hydrogen) atoms. The summed E-state index contributed by atoms with van der Waals surface area (Å²) in [6.07, 6.45) is -4.78. The Morgan fingerprint density at radius 2 is 1.81 bits per heavy atom. The van der Waals surface area contributed by atoms with Crippen LogP contribution in [0.1, 0.15) is 5.56 Å². The van der Waals surface area contributed by atoms with Crippen molar-refractivity contribution in [2.45, 2.75) is 13.3 Å². The molecule has 6 nitrogen and oxygen atoms in total. The van der Waals surface area contributed by atoms with E-state index in [0.29, 0.717) is 40.3 Å². The van der Waals surface area contributed by atoms with E-state index in [1.54, 1.807) is 18.2 Å². The molecule has 170 valence electrons. The van der Waals surface area contributed by atoms with Crippen LogP contribution in [0.2, 0.25) is 5.02 Å². The molecule has 0 spiro atoms. The smallest absolute Gasteiger partial charge is 0.406 e. The van der Waals surface area contributed by atoms with Gasteiger partial charge in [0.2, 0.25) is 5.95 Å². The number of rotatable bonds is 8. The molecule has 0 fully saturated rings. The van der Waals surface area contributed by atoms with Gasteiger partial charge in [0.05, 0.1) is 16.4 Å². The summed E-state index contributed by atoms with van der Waals surface area (Å²) in [6, 6.07) is 12.8. The number of halogens is 4. The molecule has 3 rings (SSSR count). The lowest BCUT2D eigenvalue weighted by atomic mass is 10.1. The minimum absolute atomic E-state index is 0.327. The molecule has 0 atom stereocenters. The Bertz CT molecular complexity index is 1060. The normalized spacial score (nSPS) is 11.5. The van der Waals surface area contributed by atoms with Crippen molar-refractivity contribution in [2.75, 3.05) is 37.8 Å². The zero-order chi connectivity index (χ0) is 23.3. The predicted molar refractivity (Wildman–Crippen MR) is 121 cm³/mol. The molecule has 0 radical (unpaired) electrons. The predicted octanol–water partition coefficient (Wildman–Crippen LogP) is 5.72. The van der Waals surface area contributed by atoms with Gasteiger partial charge in [-0.15, -0.1) is 13.2 Å². The molecule has 2 aromatic carbocycles. The van der Waals surface area contributed by atoms with Gasteiger partial charge in [0.1, 0.15) is 11.6 Å². The van der Waals surface area contributed by atoms with Crippen molar-refractivity contribution in [1.82, 2.24) is 14.9 Å². The highest BCUT2D eigenvalue weighted by atomic mass is 35.5. The van der Waals surface area contributed by atoms with Gasteiger partial charge in [-0.1, -0.05) is 35.9 Å². The van der Waals surface area contributed by atoms with Gasteiger partial charge in [0.25, 0.3) is 0 Å². The SMILES string of the molecule is Cc1cccc(Cl)c1Nc1cc(-c2cccc(OC(F)(F)F)c2)nc(NCCN(C)C)n1. The Hall–Kier alpha value is -3.04. The van der Waals surface area contributed by atoms with E-state index in [2.05, 4.69) is 25.3 Å². The summed E-state index contributed by atoms with van der Waals surface area (Å²) in [5, 5.41) is 6.87. The summed E-state index contributed by atoms with van der Waals surface area (Å²) in [6.45, 7) is 3.23.